The molecule has 2 unspecified atom stereocenters. The zero-order valence-corrected chi connectivity index (χ0v) is 39.2. The molecule has 12 heteroatoms. The molecule has 0 spiro atoms. The molecule has 2 N–H and O–H groups in total. The number of benzene rings is 6. The summed E-state index contributed by atoms with van der Waals surface area (Å²) in [7, 11) is 7.97. The van der Waals surface area contributed by atoms with Crippen molar-refractivity contribution in [2.75, 3.05) is 41.3 Å². The highest BCUT2D eigenvalue weighted by atomic mass is 35.5. The lowest BCUT2D eigenvalue weighted by Crippen LogP contribution is -2.28. The number of halogens is 6. The fourth-order valence-corrected chi connectivity index (χ4v) is 9.00. The molecule has 66 heavy (non-hydrogen) atoms. The Morgan fingerprint density at radius 1 is 0.833 bits per heavy atom. The number of nitriles is 1. The van der Waals surface area contributed by atoms with Gasteiger partial charge < -0.3 is 25.0 Å². The zero-order chi connectivity index (χ0) is 47.3. The smallest absolute Gasteiger partial charge is 0.416 e. The van der Waals surface area contributed by atoms with Gasteiger partial charge in [-0.3, -0.25) is 0 Å². The van der Waals surface area contributed by atoms with Gasteiger partial charge in [-0.2, -0.15) is 18.4 Å². The second-order valence-corrected chi connectivity index (χ2v) is 17.5. The summed E-state index contributed by atoms with van der Waals surface area (Å²) < 4.78 is 63.2. The normalized spacial score (nSPS) is 17.8. The Labute approximate surface area is 396 Å². The maximum Gasteiger partial charge on any atom is 0.416 e. The van der Waals surface area contributed by atoms with Crippen molar-refractivity contribution in [2.45, 2.75) is 68.6 Å². The average Bonchev–Trinajstić information content (AvgIpc) is 3.69. The van der Waals surface area contributed by atoms with Crippen molar-refractivity contribution < 1.29 is 27.0 Å². The topological polar surface area (TPSA) is 69.5 Å². The minimum atomic E-state index is -4.33. The number of nitrogens with zero attached hydrogens (tertiary/aromatic N) is 2. The third-order valence-corrected chi connectivity index (χ3v) is 12.8. The van der Waals surface area contributed by atoms with Crippen LogP contribution in [-0.4, -0.2) is 46.2 Å². The first kappa shape index (κ1) is 50.2. The van der Waals surface area contributed by atoms with Crippen LogP contribution in [0.3, 0.4) is 0 Å². The van der Waals surface area contributed by atoms with E-state index in [0.717, 1.165) is 79.6 Å². The van der Waals surface area contributed by atoms with Gasteiger partial charge in [0.2, 0.25) is 0 Å². The molecular formula is C54H56Cl2F4N4O2. The van der Waals surface area contributed by atoms with E-state index in [1.54, 1.807) is 12.1 Å². The molecule has 1 heterocycles. The summed E-state index contributed by atoms with van der Waals surface area (Å²) in [6.45, 7) is 2.18. The number of rotatable bonds is 13. The van der Waals surface area contributed by atoms with Crippen LogP contribution in [0.5, 0.6) is 5.75 Å². The molecule has 0 saturated carbocycles. The largest absolute Gasteiger partial charge is 0.486 e. The number of fused-ring (bicyclic) bond motifs is 2. The summed E-state index contributed by atoms with van der Waals surface area (Å²) >= 11 is 12.2. The molecule has 346 valence electrons. The van der Waals surface area contributed by atoms with Crippen LogP contribution >= 0.6 is 23.2 Å². The third-order valence-electron chi connectivity index (χ3n) is 12.1. The lowest BCUT2D eigenvalue weighted by Gasteiger charge is -2.32. The summed E-state index contributed by atoms with van der Waals surface area (Å²) in [4.78, 5) is 2.15. The molecule has 6 aromatic carbocycles. The molecule has 0 radical (unpaired) electrons. The van der Waals surface area contributed by atoms with Crippen molar-refractivity contribution in [1.82, 2.24) is 15.5 Å². The SMILES string of the molecule is CN(C)CCCC1(c2ccc(F)cc2)OCc2cc(C#N)ccc21.CNCCC(Oc1ccc(C(F)(F)F)cc1)c1ccccc1.CN[C@H]1CC[C@@H](c2ccc(Cl)c(Cl)c2)c2ccccc21. The van der Waals surface area contributed by atoms with Crippen LogP contribution in [0.15, 0.2) is 140 Å². The second-order valence-electron chi connectivity index (χ2n) is 16.7. The van der Waals surface area contributed by atoms with E-state index in [9.17, 15) is 17.6 Å². The van der Waals surface area contributed by atoms with E-state index in [1.807, 2.05) is 88.9 Å². The number of ether oxygens (including phenoxy) is 2. The molecule has 8 rings (SSSR count). The van der Waals surface area contributed by atoms with Crippen LogP contribution in [0, 0.1) is 17.1 Å². The van der Waals surface area contributed by atoms with Gasteiger partial charge in [-0.1, -0.05) is 102 Å². The molecule has 0 fully saturated rings. The van der Waals surface area contributed by atoms with E-state index >= 15 is 0 Å². The molecule has 0 amide bonds. The van der Waals surface area contributed by atoms with Crippen molar-refractivity contribution in [3.05, 3.63) is 205 Å². The van der Waals surface area contributed by atoms with Gasteiger partial charge in [-0.25, -0.2) is 4.39 Å². The lowest BCUT2D eigenvalue weighted by molar-refractivity contribution is -0.137. The second kappa shape index (κ2) is 23.5. The van der Waals surface area contributed by atoms with E-state index in [1.165, 1.54) is 41.0 Å². The highest BCUT2D eigenvalue weighted by Crippen LogP contribution is 2.46. The molecule has 6 nitrogen and oxygen atoms in total. The Balaban J connectivity index is 0.000000164. The first-order valence-electron chi connectivity index (χ1n) is 22.1. The van der Waals surface area contributed by atoms with Gasteiger partial charge in [0.05, 0.1) is 33.8 Å². The van der Waals surface area contributed by atoms with Gasteiger partial charge in [0.15, 0.2) is 0 Å². The number of hydrogen-bond donors (Lipinski definition) is 2. The molecule has 0 bridgehead atoms. The molecule has 2 aliphatic rings. The van der Waals surface area contributed by atoms with Crippen LogP contribution in [-0.2, 0) is 23.1 Å². The summed E-state index contributed by atoms with van der Waals surface area (Å²) in [5, 5.41) is 16.8. The van der Waals surface area contributed by atoms with Crippen LogP contribution in [0.2, 0.25) is 10.0 Å². The van der Waals surface area contributed by atoms with Gasteiger partial charge in [0, 0.05) is 18.4 Å². The quantitative estimate of drug-likeness (QED) is 0.112. The van der Waals surface area contributed by atoms with E-state index in [0.29, 0.717) is 39.9 Å². The minimum absolute atomic E-state index is 0.203. The predicted octanol–water partition coefficient (Wildman–Crippen LogP) is 13.4. The number of nitrogens with one attached hydrogen (secondary N) is 2. The molecule has 6 aromatic rings. The summed E-state index contributed by atoms with van der Waals surface area (Å²) in [5.74, 6) is 0.587. The average molecular weight is 940 g/mol. The molecule has 1 aliphatic heterocycles. The molecule has 1 aliphatic carbocycles. The summed E-state index contributed by atoms with van der Waals surface area (Å²) in [6, 6.07) is 44.0. The highest BCUT2D eigenvalue weighted by Gasteiger charge is 2.41. The number of alkyl halides is 3. The van der Waals surface area contributed by atoms with Gasteiger partial charge in [0.25, 0.3) is 0 Å². The first-order chi connectivity index (χ1) is 31.8. The van der Waals surface area contributed by atoms with Crippen LogP contribution < -0.4 is 15.4 Å². The van der Waals surface area contributed by atoms with Crippen LogP contribution in [0.25, 0.3) is 0 Å². The fourth-order valence-electron chi connectivity index (χ4n) is 8.70. The van der Waals surface area contributed by atoms with Crippen LogP contribution in [0.1, 0.15) is 100 Å². The Kier molecular flexibility index (Phi) is 17.8. The molecular weight excluding hydrogens is 884 g/mol. The molecule has 4 atom stereocenters. The Bertz CT molecular complexity index is 2520. The van der Waals surface area contributed by atoms with Gasteiger partial charge in [-0.15, -0.1) is 0 Å². The van der Waals surface area contributed by atoms with Crippen molar-refractivity contribution in [3.63, 3.8) is 0 Å². The van der Waals surface area contributed by atoms with E-state index < -0.39 is 17.3 Å². The monoisotopic (exact) mass is 938 g/mol. The van der Waals surface area contributed by atoms with E-state index in [-0.39, 0.29) is 11.9 Å². The van der Waals surface area contributed by atoms with Gasteiger partial charge in [-0.05, 0) is 167 Å². The number of hydrogen-bond acceptors (Lipinski definition) is 6. The van der Waals surface area contributed by atoms with Crippen molar-refractivity contribution in [1.29, 1.82) is 5.26 Å². The standard InChI is InChI=1S/C20H21FN2O.C17H17Cl2N.C17H18F3NO/c1-23(2)11-3-10-20(17-5-7-18(21)8-6-17)19-9-4-15(13-22)12-16(19)14-24-20;1-20-17-9-7-12(13-4-2-3-5-14(13)17)11-6-8-15(18)16(19)10-11;1-21-12-11-16(13-5-3-2-4-6-13)22-15-9-7-14(8-10-15)17(18,19)20/h4-9,12H,3,10-11,14H2,1-2H3;2-6,8,10,12,17,20H,7,9H2,1H3;2-10,16,21H,11-12H2,1H3/t;12-,17-;/m.0./s1. The van der Waals surface area contributed by atoms with Crippen molar-refractivity contribution in [2.24, 2.45) is 0 Å². The highest BCUT2D eigenvalue weighted by molar-refractivity contribution is 6.42. The first-order valence-corrected chi connectivity index (χ1v) is 22.8. The Morgan fingerprint density at radius 3 is 2.17 bits per heavy atom. The predicted molar refractivity (Wildman–Crippen MR) is 256 cm³/mol. The van der Waals surface area contributed by atoms with Gasteiger partial charge >= 0.3 is 6.18 Å². The minimum Gasteiger partial charge on any atom is -0.486 e. The maximum atomic E-state index is 13.4. The van der Waals surface area contributed by atoms with Crippen molar-refractivity contribution in [3.8, 4) is 11.8 Å². The zero-order valence-electron chi connectivity index (χ0n) is 37.6. The third kappa shape index (κ3) is 12.8. The molecule has 0 saturated heterocycles. The fraction of sp³-hybridized carbons (Fsp3) is 0.315. The van der Waals surface area contributed by atoms with E-state index in [4.69, 9.17) is 37.9 Å². The van der Waals surface area contributed by atoms with E-state index in [2.05, 4.69) is 51.9 Å². The van der Waals surface area contributed by atoms with Gasteiger partial charge in [0.1, 0.15) is 23.3 Å². The van der Waals surface area contributed by atoms with Crippen molar-refractivity contribution >= 4 is 23.2 Å². The molecule has 0 aromatic heterocycles. The van der Waals surface area contributed by atoms with Crippen LogP contribution in [0.4, 0.5) is 17.6 Å². The Morgan fingerprint density at radius 2 is 1.53 bits per heavy atom. The summed E-state index contributed by atoms with van der Waals surface area (Å²) in [5.41, 5.74) is 7.55. The lowest BCUT2D eigenvalue weighted by atomic mass is 9.77. The maximum absolute atomic E-state index is 13.4. The summed E-state index contributed by atoms with van der Waals surface area (Å²) in [6.07, 6.45) is 0.231. The Hall–Kier alpha value is -5.25.